The van der Waals surface area contributed by atoms with Crippen LogP contribution in [0.5, 0.6) is 0 Å². The number of hydrogen-bond acceptors (Lipinski definition) is 2. The Kier molecular flexibility index (Phi) is 1.00. The summed E-state index contributed by atoms with van der Waals surface area (Å²) in [6, 6.07) is 0. The van der Waals surface area contributed by atoms with Gasteiger partial charge in [0.05, 0.1) is 11.7 Å². The lowest BCUT2D eigenvalue weighted by atomic mass is 9.79. The second-order valence-corrected chi connectivity index (χ2v) is 3.50. The molecule has 0 atom stereocenters. The first-order valence-electron chi connectivity index (χ1n) is 4.28. The van der Waals surface area contributed by atoms with Crippen LogP contribution in [0.15, 0.2) is 6.33 Å². The van der Waals surface area contributed by atoms with E-state index in [2.05, 4.69) is 16.0 Å². The number of imidazole rings is 1. The first-order chi connectivity index (χ1) is 5.88. The van der Waals surface area contributed by atoms with Crippen molar-refractivity contribution in [1.29, 1.82) is 0 Å². The lowest BCUT2D eigenvalue weighted by Gasteiger charge is -2.38. The van der Waals surface area contributed by atoms with Gasteiger partial charge >= 0.3 is 0 Å². The molecule has 62 valence electrons. The number of H-pyrrole nitrogens is 1. The number of ether oxygens (including phenoxy) is 1. The van der Waals surface area contributed by atoms with Crippen LogP contribution in [0, 0.1) is 0 Å². The average molecular weight is 162 g/mol. The van der Waals surface area contributed by atoms with E-state index in [9.17, 15) is 0 Å². The monoisotopic (exact) mass is 162 g/mol. The molecule has 1 spiro atoms. The van der Waals surface area contributed by atoms with Crippen LogP contribution >= 0.6 is 0 Å². The summed E-state index contributed by atoms with van der Waals surface area (Å²) in [6.45, 7) is 0. The first kappa shape index (κ1) is 6.29. The Balaban J connectivity index is 2.21. The molecule has 0 aromatic carbocycles. The molecule has 3 nitrogen and oxygen atoms in total. The largest absolute Gasteiger partial charge is 0.488 e. The lowest BCUT2D eigenvalue weighted by Crippen LogP contribution is -2.44. The molecular weight excluding hydrogens is 152 g/mol. The van der Waals surface area contributed by atoms with Crippen molar-refractivity contribution >= 4 is 12.3 Å². The van der Waals surface area contributed by atoms with Crippen molar-refractivity contribution in [3.8, 4) is 0 Å². The number of nitrogens with zero attached hydrogens (tertiary/aromatic N) is 1. The van der Waals surface area contributed by atoms with E-state index in [1.54, 1.807) is 12.6 Å². The third kappa shape index (κ3) is 0.682. The van der Waals surface area contributed by atoms with Crippen molar-refractivity contribution in [3.05, 3.63) is 17.0 Å². The zero-order chi connectivity index (χ0) is 8.02. The predicted octanol–water partition coefficient (Wildman–Crippen LogP) is -0.119. The van der Waals surface area contributed by atoms with Crippen molar-refractivity contribution in [2.24, 2.45) is 0 Å². The minimum absolute atomic E-state index is 0.0134. The molecule has 1 aromatic heterocycles. The highest BCUT2D eigenvalue weighted by Gasteiger charge is 2.37. The van der Waals surface area contributed by atoms with Gasteiger partial charge in [0, 0.05) is 0 Å². The number of aromatic nitrogens is 2. The third-order valence-electron chi connectivity index (χ3n) is 2.71. The molecule has 0 saturated heterocycles. The van der Waals surface area contributed by atoms with Gasteiger partial charge in [-0.25, -0.2) is 4.98 Å². The molecule has 2 heterocycles. The summed E-state index contributed by atoms with van der Waals surface area (Å²) in [5.74, 6) is 0. The standard InChI is InChI=1S/C9H10N2O/c1-2-9(3-1)4-7-8(5-12-9)11-6-10-7/h4-6H,1-3H2,(H,10,11). The van der Waals surface area contributed by atoms with Crippen molar-refractivity contribution in [2.75, 3.05) is 0 Å². The molecule has 12 heavy (non-hydrogen) atoms. The number of aromatic amines is 1. The molecule has 1 N–H and O–H groups in total. The van der Waals surface area contributed by atoms with Crippen LogP contribution in [0.3, 0.4) is 0 Å². The third-order valence-corrected chi connectivity index (χ3v) is 2.71. The highest BCUT2D eigenvalue weighted by atomic mass is 16.5. The van der Waals surface area contributed by atoms with Gasteiger partial charge in [-0.15, -0.1) is 0 Å². The predicted molar refractivity (Wildman–Crippen MR) is 44.4 cm³/mol. The summed E-state index contributed by atoms with van der Waals surface area (Å²) >= 11 is 0. The van der Waals surface area contributed by atoms with Gasteiger partial charge in [-0.2, -0.15) is 0 Å². The highest BCUT2D eigenvalue weighted by Crippen LogP contribution is 2.37. The second-order valence-electron chi connectivity index (χ2n) is 3.50. The van der Waals surface area contributed by atoms with Gasteiger partial charge in [-0.3, -0.25) is 0 Å². The van der Waals surface area contributed by atoms with E-state index >= 15 is 0 Å². The maximum absolute atomic E-state index is 5.62. The van der Waals surface area contributed by atoms with E-state index in [0.717, 1.165) is 23.5 Å². The Labute approximate surface area is 69.8 Å². The van der Waals surface area contributed by atoms with Crippen molar-refractivity contribution in [3.63, 3.8) is 0 Å². The van der Waals surface area contributed by atoms with E-state index in [4.69, 9.17) is 4.74 Å². The van der Waals surface area contributed by atoms with E-state index in [1.165, 1.54) is 6.42 Å². The molecule has 3 rings (SSSR count). The van der Waals surface area contributed by atoms with E-state index in [1.807, 2.05) is 0 Å². The summed E-state index contributed by atoms with van der Waals surface area (Å²) in [5, 5.41) is 2.04. The van der Waals surface area contributed by atoms with Crippen LogP contribution < -0.4 is 10.7 Å². The Bertz CT molecular complexity index is 414. The summed E-state index contributed by atoms with van der Waals surface area (Å²) in [7, 11) is 0. The SMILES string of the molecule is C1=c2nc[nH]c2=CC2(CCC2)O1. The van der Waals surface area contributed by atoms with Crippen LogP contribution in [0.2, 0.25) is 0 Å². The van der Waals surface area contributed by atoms with Gasteiger partial charge in [-0.05, 0) is 25.3 Å². The zero-order valence-corrected chi connectivity index (χ0v) is 6.71. The fraction of sp³-hybridized carbons (Fsp3) is 0.444. The Morgan fingerprint density at radius 2 is 2.42 bits per heavy atom. The van der Waals surface area contributed by atoms with Gasteiger partial charge < -0.3 is 9.72 Å². The van der Waals surface area contributed by atoms with Gasteiger partial charge in [0.1, 0.15) is 17.2 Å². The molecule has 0 amide bonds. The van der Waals surface area contributed by atoms with Crippen molar-refractivity contribution in [2.45, 2.75) is 24.9 Å². The highest BCUT2D eigenvalue weighted by molar-refractivity contribution is 5.40. The lowest BCUT2D eigenvalue weighted by molar-refractivity contribution is 0.0342. The number of rotatable bonds is 0. The van der Waals surface area contributed by atoms with Crippen LogP contribution in [-0.4, -0.2) is 15.6 Å². The molecule has 0 bridgehead atoms. The number of hydrogen-bond donors (Lipinski definition) is 1. The summed E-state index contributed by atoms with van der Waals surface area (Å²) < 4.78 is 5.62. The van der Waals surface area contributed by atoms with E-state index in [0.29, 0.717) is 0 Å². The molecule has 1 saturated carbocycles. The van der Waals surface area contributed by atoms with Crippen LogP contribution in [0.25, 0.3) is 12.3 Å². The molecule has 3 heteroatoms. The van der Waals surface area contributed by atoms with Crippen LogP contribution in [0.1, 0.15) is 19.3 Å². The summed E-state index contributed by atoms with van der Waals surface area (Å²) in [5.41, 5.74) is 0.0134. The number of nitrogens with one attached hydrogen (secondary N) is 1. The fourth-order valence-corrected chi connectivity index (χ4v) is 1.78. The molecular formula is C9H10N2O. The van der Waals surface area contributed by atoms with Crippen LogP contribution in [0.4, 0.5) is 0 Å². The minimum Gasteiger partial charge on any atom is -0.488 e. The maximum atomic E-state index is 5.62. The van der Waals surface area contributed by atoms with E-state index in [-0.39, 0.29) is 5.60 Å². The average Bonchev–Trinajstić information content (AvgIpc) is 2.46. The Hall–Kier alpha value is -1.25. The smallest absolute Gasteiger partial charge is 0.129 e. The summed E-state index contributed by atoms with van der Waals surface area (Å²) in [6.07, 6.45) is 9.19. The van der Waals surface area contributed by atoms with Crippen molar-refractivity contribution < 1.29 is 4.74 Å². The minimum atomic E-state index is 0.0134. The Morgan fingerprint density at radius 3 is 3.17 bits per heavy atom. The molecule has 0 unspecified atom stereocenters. The van der Waals surface area contributed by atoms with Crippen LogP contribution in [-0.2, 0) is 4.74 Å². The summed E-state index contributed by atoms with van der Waals surface area (Å²) in [4.78, 5) is 7.22. The topological polar surface area (TPSA) is 37.9 Å². The quantitative estimate of drug-likeness (QED) is 0.577. The fourth-order valence-electron chi connectivity index (χ4n) is 1.78. The van der Waals surface area contributed by atoms with Gasteiger partial charge in [-0.1, -0.05) is 0 Å². The molecule has 1 aliphatic heterocycles. The molecule has 1 aromatic rings. The normalized spacial score (nSPS) is 23.0. The molecule has 1 aliphatic carbocycles. The Morgan fingerprint density at radius 1 is 1.50 bits per heavy atom. The molecule has 2 aliphatic rings. The second kappa shape index (κ2) is 1.91. The maximum Gasteiger partial charge on any atom is 0.129 e. The zero-order valence-electron chi connectivity index (χ0n) is 6.71. The first-order valence-corrected chi connectivity index (χ1v) is 4.28. The van der Waals surface area contributed by atoms with Gasteiger partial charge in [0.25, 0.3) is 0 Å². The molecule has 0 radical (unpaired) electrons. The number of fused-ring (bicyclic) bond motifs is 1. The van der Waals surface area contributed by atoms with E-state index < -0.39 is 0 Å². The van der Waals surface area contributed by atoms with Crippen molar-refractivity contribution in [1.82, 2.24) is 9.97 Å². The van der Waals surface area contributed by atoms with Gasteiger partial charge in [0.2, 0.25) is 0 Å². The van der Waals surface area contributed by atoms with Gasteiger partial charge in [0.15, 0.2) is 0 Å². The molecule has 1 fully saturated rings.